The van der Waals surface area contributed by atoms with Gasteiger partial charge in [0.25, 0.3) is 5.78 Å². The number of aryl methyl sites for hydroxylation is 1. The molecule has 0 radical (unpaired) electrons. The number of hydrogen-bond acceptors (Lipinski definition) is 5. The number of hydrogen-bond donors (Lipinski definition) is 0. The molecule has 2 aromatic rings. The van der Waals surface area contributed by atoms with Gasteiger partial charge in [-0.15, -0.1) is 0 Å². The zero-order chi connectivity index (χ0) is 13.8. The van der Waals surface area contributed by atoms with Crippen LogP contribution in [0.4, 0.5) is 0 Å². The van der Waals surface area contributed by atoms with Crippen LogP contribution in [0.15, 0.2) is 30.5 Å². The molecule has 0 saturated heterocycles. The maximum Gasteiger partial charge on any atom is 0.379 e. The van der Waals surface area contributed by atoms with Gasteiger partial charge in [-0.05, 0) is 38.1 Å². The van der Waals surface area contributed by atoms with E-state index in [-0.39, 0.29) is 12.2 Å². The summed E-state index contributed by atoms with van der Waals surface area (Å²) in [6, 6.07) is 6.44. The molecule has 1 aromatic heterocycles. The Balaban J connectivity index is 2.19. The first kappa shape index (κ1) is 12.9. The summed E-state index contributed by atoms with van der Waals surface area (Å²) in [5.74, 6) is -1.50. The van der Waals surface area contributed by atoms with Crippen LogP contribution in [-0.2, 0) is 9.53 Å². The zero-order valence-electron chi connectivity index (χ0n) is 10.7. The van der Waals surface area contributed by atoms with Crippen LogP contribution in [0.3, 0.4) is 0 Å². The fraction of sp³-hybridized carbons (Fsp3) is 0.231. The highest BCUT2D eigenvalue weighted by molar-refractivity contribution is 6.40. The summed E-state index contributed by atoms with van der Waals surface area (Å²) in [5, 5.41) is 8.20. The fourth-order valence-corrected chi connectivity index (χ4v) is 1.52. The van der Waals surface area contributed by atoms with Crippen molar-refractivity contribution in [3.05, 3.63) is 41.7 Å². The van der Waals surface area contributed by atoms with Gasteiger partial charge in [0, 0.05) is 5.56 Å². The van der Waals surface area contributed by atoms with Crippen molar-refractivity contribution in [1.29, 1.82) is 0 Å². The molecule has 6 nitrogen and oxygen atoms in total. The maximum absolute atomic E-state index is 11.7. The van der Waals surface area contributed by atoms with Crippen LogP contribution in [-0.4, -0.2) is 33.4 Å². The molecule has 6 heteroatoms. The number of nitrogens with zero attached hydrogens (tertiary/aromatic N) is 3. The van der Waals surface area contributed by atoms with Gasteiger partial charge < -0.3 is 4.74 Å². The Hall–Kier alpha value is -2.50. The Morgan fingerprint density at radius 2 is 1.95 bits per heavy atom. The number of benzene rings is 1. The third-order valence-corrected chi connectivity index (χ3v) is 2.43. The van der Waals surface area contributed by atoms with Crippen LogP contribution in [0.2, 0.25) is 0 Å². The highest BCUT2D eigenvalue weighted by Gasteiger charge is 2.17. The van der Waals surface area contributed by atoms with Crippen molar-refractivity contribution in [2.24, 2.45) is 0 Å². The number of aromatic nitrogens is 3. The molecule has 0 N–H and O–H groups in total. The molecule has 0 spiro atoms. The number of carbonyl (C=O) groups excluding carboxylic acids is 2. The van der Waals surface area contributed by atoms with Gasteiger partial charge in [0.15, 0.2) is 0 Å². The fourth-order valence-electron chi connectivity index (χ4n) is 1.52. The predicted molar refractivity (Wildman–Crippen MR) is 67.1 cm³/mol. The van der Waals surface area contributed by atoms with Crippen molar-refractivity contribution in [3.63, 3.8) is 0 Å². The lowest BCUT2D eigenvalue weighted by Gasteiger charge is -2.03. The molecule has 0 aliphatic heterocycles. The summed E-state index contributed by atoms with van der Waals surface area (Å²) < 4.78 is 4.66. The number of Topliss-reactive ketones (excluding diaryl/α,β-unsaturated/α-hetero) is 1. The van der Waals surface area contributed by atoms with Crippen molar-refractivity contribution in [2.75, 3.05) is 6.61 Å². The smallest absolute Gasteiger partial charge is 0.379 e. The van der Waals surface area contributed by atoms with Gasteiger partial charge in [-0.3, -0.25) is 4.79 Å². The topological polar surface area (TPSA) is 74.1 Å². The van der Waals surface area contributed by atoms with Crippen LogP contribution in [0, 0.1) is 6.92 Å². The average Bonchev–Trinajstić information content (AvgIpc) is 2.85. The predicted octanol–water partition coefficient (Wildman–Crippen LogP) is 1.32. The lowest BCUT2D eigenvalue weighted by Crippen LogP contribution is -2.17. The number of carbonyl (C=O) groups is 2. The molecule has 1 heterocycles. The van der Waals surface area contributed by atoms with Gasteiger partial charge in [-0.1, -0.05) is 0 Å². The second-order valence-corrected chi connectivity index (χ2v) is 3.87. The summed E-state index contributed by atoms with van der Waals surface area (Å²) in [6.45, 7) is 3.67. The minimum atomic E-state index is -0.844. The van der Waals surface area contributed by atoms with E-state index < -0.39 is 11.8 Å². The number of rotatable bonds is 4. The van der Waals surface area contributed by atoms with E-state index >= 15 is 0 Å². The first-order valence-corrected chi connectivity index (χ1v) is 5.82. The monoisotopic (exact) mass is 259 g/mol. The Kier molecular flexibility index (Phi) is 3.70. The molecular formula is C13H13N3O3. The summed E-state index contributed by atoms with van der Waals surface area (Å²) >= 11 is 0. The minimum absolute atomic E-state index is 0.180. The van der Waals surface area contributed by atoms with Crippen LogP contribution >= 0.6 is 0 Å². The summed E-state index contributed by atoms with van der Waals surface area (Å²) in [4.78, 5) is 24.4. The van der Waals surface area contributed by atoms with Gasteiger partial charge in [-0.2, -0.15) is 15.0 Å². The van der Waals surface area contributed by atoms with Crippen molar-refractivity contribution in [1.82, 2.24) is 15.0 Å². The van der Waals surface area contributed by atoms with E-state index in [9.17, 15) is 9.59 Å². The second-order valence-electron chi connectivity index (χ2n) is 3.87. The number of ketones is 1. The minimum Gasteiger partial charge on any atom is -0.460 e. The second kappa shape index (κ2) is 5.43. The summed E-state index contributed by atoms with van der Waals surface area (Å²) in [7, 11) is 0. The van der Waals surface area contributed by atoms with Crippen LogP contribution in [0.5, 0.6) is 0 Å². The van der Waals surface area contributed by atoms with Crippen LogP contribution in [0.25, 0.3) is 5.69 Å². The van der Waals surface area contributed by atoms with Crippen molar-refractivity contribution >= 4 is 11.8 Å². The van der Waals surface area contributed by atoms with E-state index in [0.717, 1.165) is 5.69 Å². The first-order valence-electron chi connectivity index (χ1n) is 5.82. The first-order chi connectivity index (χ1) is 9.11. The highest BCUT2D eigenvalue weighted by atomic mass is 16.5. The normalized spacial score (nSPS) is 10.2. The third kappa shape index (κ3) is 2.85. The molecule has 0 atom stereocenters. The van der Waals surface area contributed by atoms with E-state index in [2.05, 4.69) is 14.9 Å². The molecule has 0 unspecified atom stereocenters. The lowest BCUT2D eigenvalue weighted by molar-refractivity contribution is -0.137. The van der Waals surface area contributed by atoms with Gasteiger partial charge in [0.05, 0.1) is 24.2 Å². The van der Waals surface area contributed by atoms with E-state index in [0.29, 0.717) is 5.69 Å². The maximum atomic E-state index is 11.7. The third-order valence-electron chi connectivity index (χ3n) is 2.43. The molecular weight excluding hydrogens is 246 g/mol. The standard InChI is InChI=1S/C13H13N3O3/c1-3-19-13(18)12(17)10-4-6-11(7-5-10)16-14-8-9(2)15-16/h4-8H,3H2,1-2H3. The van der Waals surface area contributed by atoms with Gasteiger partial charge in [0.2, 0.25) is 0 Å². The number of ether oxygens (including phenoxy) is 1. The Bertz CT molecular complexity index is 602. The van der Waals surface area contributed by atoms with Gasteiger partial charge in [0.1, 0.15) is 0 Å². The number of esters is 1. The Labute approximate surface area is 110 Å². The van der Waals surface area contributed by atoms with E-state index in [1.165, 1.54) is 4.80 Å². The Morgan fingerprint density at radius 1 is 1.26 bits per heavy atom. The molecule has 0 fully saturated rings. The highest BCUT2D eigenvalue weighted by Crippen LogP contribution is 2.09. The zero-order valence-corrected chi connectivity index (χ0v) is 10.7. The molecule has 0 saturated carbocycles. The van der Waals surface area contributed by atoms with Gasteiger partial charge in [-0.25, -0.2) is 4.79 Å². The summed E-state index contributed by atoms with van der Waals surface area (Å²) in [5.41, 5.74) is 1.80. The van der Waals surface area contributed by atoms with Crippen molar-refractivity contribution in [3.8, 4) is 5.69 Å². The SMILES string of the molecule is CCOC(=O)C(=O)c1ccc(-n2ncc(C)n2)cc1. The average molecular weight is 259 g/mol. The molecule has 98 valence electrons. The van der Waals surface area contributed by atoms with Crippen LogP contribution < -0.4 is 0 Å². The molecule has 0 aliphatic carbocycles. The molecule has 1 aromatic carbocycles. The quantitative estimate of drug-likeness (QED) is 0.470. The summed E-state index contributed by atoms with van der Waals surface area (Å²) in [6.07, 6.45) is 1.64. The van der Waals surface area contributed by atoms with E-state index in [1.807, 2.05) is 6.92 Å². The largest absolute Gasteiger partial charge is 0.460 e. The molecule has 2 rings (SSSR count). The Morgan fingerprint density at radius 3 is 2.47 bits per heavy atom. The molecule has 0 aliphatic rings. The van der Waals surface area contributed by atoms with Crippen LogP contribution in [0.1, 0.15) is 23.0 Å². The van der Waals surface area contributed by atoms with Crippen molar-refractivity contribution < 1.29 is 14.3 Å². The lowest BCUT2D eigenvalue weighted by atomic mass is 10.1. The van der Waals surface area contributed by atoms with Gasteiger partial charge >= 0.3 is 5.97 Å². The van der Waals surface area contributed by atoms with Crippen molar-refractivity contribution in [2.45, 2.75) is 13.8 Å². The molecule has 19 heavy (non-hydrogen) atoms. The molecule has 0 amide bonds. The molecule has 0 bridgehead atoms. The van der Waals surface area contributed by atoms with E-state index in [1.54, 1.807) is 37.4 Å². The van der Waals surface area contributed by atoms with E-state index in [4.69, 9.17) is 0 Å².